The summed E-state index contributed by atoms with van der Waals surface area (Å²) in [5.41, 5.74) is -0.282. The van der Waals surface area contributed by atoms with Crippen molar-refractivity contribution in [2.24, 2.45) is 0 Å². The Morgan fingerprint density at radius 3 is 2.79 bits per heavy atom. The molecule has 1 heterocycles. The Balaban J connectivity index is 2.68. The molecule has 0 atom stereocenters. The smallest absolute Gasteiger partial charge is 0.217 e. The highest BCUT2D eigenvalue weighted by molar-refractivity contribution is 5.35. The van der Waals surface area contributed by atoms with E-state index in [9.17, 15) is 4.39 Å². The van der Waals surface area contributed by atoms with Crippen LogP contribution in [0.25, 0.3) is 0 Å². The van der Waals surface area contributed by atoms with E-state index in [2.05, 4.69) is 15.3 Å². The Morgan fingerprint density at radius 2 is 2.21 bits per heavy atom. The minimum absolute atomic E-state index is 0.282. The number of hydrogen-bond donors (Lipinski definition) is 1. The van der Waals surface area contributed by atoms with E-state index >= 15 is 0 Å². The van der Waals surface area contributed by atoms with Crippen LogP contribution in [-0.4, -0.2) is 29.2 Å². The van der Waals surface area contributed by atoms with E-state index in [1.54, 1.807) is 7.11 Å². The van der Waals surface area contributed by atoms with Gasteiger partial charge < -0.3 is 10.1 Å². The summed E-state index contributed by atoms with van der Waals surface area (Å²) in [4.78, 5) is 7.26. The van der Waals surface area contributed by atoms with Gasteiger partial charge in [0.15, 0.2) is 0 Å². The SMILES string of the molecule is COCC(C)(C)Nc1cc(F)ncn1. The second kappa shape index (κ2) is 4.32. The molecule has 5 heteroatoms. The fraction of sp³-hybridized carbons (Fsp3) is 0.556. The summed E-state index contributed by atoms with van der Waals surface area (Å²) >= 11 is 0. The molecule has 0 spiro atoms. The average molecular weight is 199 g/mol. The highest BCUT2D eigenvalue weighted by Gasteiger charge is 2.17. The summed E-state index contributed by atoms with van der Waals surface area (Å²) in [6.07, 6.45) is 1.18. The maximum atomic E-state index is 12.7. The maximum absolute atomic E-state index is 12.7. The minimum atomic E-state index is -0.546. The Kier molecular flexibility index (Phi) is 3.35. The molecule has 1 aromatic heterocycles. The highest BCUT2D eigenvalue weighted by Crippen LogP contribution is 2.12. The van der Waals surface area contributed by atoms with E-state index < -0.39 is 5.95 Å². The van der Waals surface area contributed by atoms with Gasteiger partial charge in [0.05, 0.1) is 12.1 Å². The molecule has 0 fully saturated rings. The minimum Gasteiger partial charge on any atom is -0.382 e. The summed E-state index contributed by atoms with van der Waals surface area (Å²) in [7, 11) is 1.62. The van der Waals surface area contributed by atoms with Crippen LogP contribution in [0.2, 0.25) is 0 Å². The molecule has 4 nitrogen and oxygen atoms in total. The zero-order valence-electron chi connectivity index (χ0n) is 8.54. The average Bonchev–Trinajstić information content (AvgIpc) is 2.02. The molecule has 0 saturated carbocycles. The topological polar surface area (TPSA) is 47.0 Å². The Morgan fingerprint density at radius 1 is 1.50 bits per heavy atom. The van der Waals surface area contributed by atoms with Gasteiger partial charge in [0.2, 0.25) is 5.95 Å². The zero-order chi connectivity index (χ0) is 10.6. The molecule has 0 radical (unpaired) electrons. The lowest BCUT2D eigenvalue weighted by Crippen LogP contribution is -2.36. The van der Waals surface area contributed by atoms with E-state index in [4.69, 9.17) is 4.74 Å². The molecular formula is C9H14FN3O. The Labute approximate surface area is 82.5 Å². The number of anilines is 1. The van der Waals surface area contributed by atoms with Crippen LogP contribution in [0.15, 0.2) is 12.4 Å². The largest absolute Gasteiger partial charge is 0.382 e. The number of ether oxygens (including phenoxy) is 1. The molecule has 14 heavy (non-hydrogen) atoms. The number of nitrogens with one attached hydrogen (secondary N) is 1. The molecule has 0 unspecified atom stereocenters. The third kappa shape index (κ3) is 3.26. The number of hydrogen-bond acceptors (Lipinski definition) is 4. The summed E-state index contributed by atoms with van der Waals surface area (Å²) in [6.45, 7) is 4.39. The molecule has 0 aliphatic heterocycles. The van der Waals surface area contributed by atoms with Crippen LogP contribution < -0.4 is 5.32 Å². The van der Waals surface area contributed by atoms with Crippen LogP contribution in [0.1, 0.15) is 13.8 Å². The van der Waals surface area contributed by atoms with Crippen LogP contribution in [0.5, 0.6) is 0 Å². The number of halogens is 1. The van der Waals surface area contributed by atoms with Crippen LogP contribution >= 0.6 is 0 Å². The van der Waals surface area contributed by atoms with Gasteiger partial charge >= 0.3 is 0 Å². The van der Waals surface area contributed by atoms with E-state index in [1.165, 1.54) is 12.4 Å². The standard InChI is InChI=1S/C9H14FN3O/c1-9(2,5-14-3)13-8-4-7(10)11-6-12-8/h4,6H,5H2,1-3H3,(H,11,12,13). The first kappa shape index (κ1) is 10.8. The number of rotatable bonds is 4. The number of methoxy groups -OCH3 is 1. The Bertz CT molecular complexity index is 304. The van der Waals surface area contributed by atoms with Gasteiger partial charge in [-0.3, -0.25) is 0 Å². The molecule has 0 bridgehead atoms. The quantitative estimate of drug-likeness (QED) is 0.745. The fourth-order valence-electron chi connectivity index (χ4n) is 1.15. The molecule has 0 amide bonds. The summed E-state index contributed by atoms with van der Waals surface area (Å²) in [5, 5.41) is 3.04. The molecule has 1 aromatic rings. The maximum Gasteiger partial charge on any atom is 0.217 e. The van der Waals surface area contributed by atoms with Crippen molar-refractivity contribution in [2.75, 3.05) is 19.0 Å². The molecule has 78 valence electrons. The summed E-state index contributed by atoms with van der Waals surface area (Å²) < 4.78 is 17.7. The van der Waals surface area contributed by atoms with E-state index in [1.807, 2.05) is 13.8 Å². The van der Waals surface area contributed by atoms with E-state index in [0.717, 1.165) is 0 Å². The summed E-state index contributed by atoms with van der Waals surface area (Å²) in [6, 6.07) is 1.25. The van der Waals surface area contributed by atoms with Crippen LogP contribution in [0.3, 0.4) is 0 Å². The van der Waals surface area contributed by atoms with Gasteiger partial charge in [-0.1, -0.05) is 0 Å². The molecule has 0 aliphatic rings. The first-order valence-corrected chi connectivity index (χ1v) is 4.28. The van der Waals surface area contributed by atoms with Gasteiger partial charge in [0, 0.05) is 13.2 Å². The first-order chi connectivity index (χ1) is 6.53. The van der Waals surface area contributed by atoms with Crippen LogP contribution in [0.4, 0.5) is 10.2 Å². The molecule has 0 aliphatic carbocycles. The van der Waals surface area contributed by atoms with Gasteiger partial charge in [-0.25, -0.2) is 9.97 Å². The molecule has 1 rings (SSSR count). The number of aromatic nitrogens is 2. The molecule has 0 aromatic carbocycles. The first-order valence-electron chi connectivity index (χ1n) is 4.28. The van der Waals surface area contributed by atoms with Crippen molar-refractivity contribution >= 4 is 5.82 Å². The zero-order valence-corrected chi connectivity index (χ0v) is 8.54. The molecule has 0 saturated heterocycles. The summed E-state index contributed by atoms with van der Waals surface area (Å²) in [5.74, 6) is -0.0877. The lowest BCUT2D eigenvalue weighted by Gasteiger charge is -2.25. The predicted octanol–water partition coefficient (Wildman–Crippen LogP) is 1.45. The number of nitrogens with zero attached hydrogens (tertiary/aromatic N) is 2. The van der Waals surface area contributed by atoms with Gasteiger partial charge in [0.25, 0.3) is 0 Å². The third-order valence-corrected chi connectivity index (χ3v) is 1.61. The second-order valence-corrected chi connectivity index (χ2v) is 3.67. The van der Waals surface area contributed by atoms with Crippen molar-refractivity contribution in [1.82, 2.24) is 9.97 Å². The van der Waals surface area contributed by atoms with Gasteiger partial charge in [-0.15, -0.1) is 0 Å². The Hall–Kier alpha value is -1.23. The fourth-order valence-corrected chi connectivity index (χ4v) is 1.15. The normalized spacial score (nSPS) is 11.4. The lowest BCUT2D eigenvalue weighted by atomic mass is 10.1. The second-order valence-electron chi connectivity index (χ2n) is 3.67. The van der Waals surface area contributed by atoms with Gasteiger partial charge in [-0.2, -0.15) is 4.39 Å². The van der Waals surface area contributed by atoms with Gasteiger partial charge in [0.1, 0.15) is 12.1 Å². The van der Waals surface area contributed by atoms with Crippen molar-refractivity contribution in [1.29, 1.82) is 0 Å². The highest BCUT2D eigenvalue weighted by atomic mass is 19.1. The van der Waals surface area contributed by atoms with E-state index in [0.29, 0.717) is 12.4 Å². The third-order valence-electron chi connectivity index (χ3n) is 1.61. The lowest BCUT2D eigenvalue weighted by molar-refractivity contribution is 0.158. The van der Waals surface area contributed by atoms with Gasteiger partial charge in [-0.05, 0) is 13.8 Å². The van der Waals surface area contributed by atoms with Crippen molar-refractivity contribution in [3.63, 3.8) is 0 Å². The van der Waals surface area contributed by atoms with Crippen LogP contribution in [-0.2, 0) is 4.74 Å². The van der Waals surface area contributed by atoms with Crippen molar-refractivity contribution in [2.45, 2.75) is 19.4 Å². The van der Waals surface area contributed by atoms with Crippen molar-refractivity contribution in [3.05, 3.63) is 18.3 Å². The van der Waals surface area contributed by atoms with Crippen molar-refractivity contribution in [3.8, 4) is 0 Å². The predicted molar refractivity (Wildman–Crippen MR) is 51.6 cm³/mol. The van der Waals surface area contributed by atoms with E-state index in [-0.39, 0.29) is 5.54 Å². The monoisotopic (exact) mass is 199 g/mol. The van der Waals surface area contributed by atoms with Crippen molar-refractivity contribution < 1.29 is 9.13 Å². The van der Waals surface area contributed by atoms with Crippen LogP contribution in [0, 0.1) is 5.95 Å². The molecule has 1 N–H and O–H groups in total. The molecular weight excluding hydrogens is 185 g/mol.